The third kappa shape index (κ3) is 3.65. The minimum atomic E-state index is -0.270. The van der Waals surface area contributed by atoms with E-state index in [-0.39, 0.29) is 22.9 Å². The molecule has 1 aromatic heterocycles. The van der Waals surface area contributed by atoms with Crippen LogP contribution in [0.3, 0.4) is 0 Å². The molecule has 4 aliphatic carbocycles. The first-order valence-corrected chi connectivity index (χ1v) is 12.6. The fourth-order valence-electron chi connectivity index (χ4n) is 7.06. The quantitative estimate of drug-likeness (QED) is 0.569. The highest BCUT2D eigenvalue weighted by atomic mass is 79.9. The molecule has 6 rings (SSSR count). The second-order valence-electron chi connectivity index (χ2n) is 10.7. The van der Waals surface area contributed by atoms with Crippen LogP contribution >= 0.6 is 15.9 Å². The fraction of sp³-hybridized carbons (Fsp3) is 0.640. The van der Waals surface area contributed by atoms with Crippen LogP contribution in [0.1, 0.15) is 88.8 Å². The molecule has 2 aromatic rings. The SMILES string of the molecule is CC[C@@H](NC(=O)C12C[C@H]3C[C@@H](C1)CC(n1cnc(Br)n1)(C3)C2)c1ccc(C(C)C)cc1. The Morgan fingerprint density at radius 1 is 1.16 bits per heavy atom. The lowest BCUT2D eigenvalue weighted by Gasteiger charge is -2.61. The van der Waals surface area contributed by atoms with Gasteiger partial charge in [0.2, 0.25) is 10.6 Å². The monoisotopic (exact) mass is 484 g/mol. The van der Waals surface area contributed by atoms with Gasteiger partial charge in [-0.1, -0.05) is 45.0 Å². The summed E-state index contributed by atoms with van der Waals surface area (Å²) < 4.78 is 2.70. The van der Waals surface area contributed by atoms with Gasteiger partial charge >= 0.3 is 0 Å². The summed E-state index contributed by atoms with van der Waals surface area (Å²) in [7, 11) is 0. The second-order valence-corrected chi connectivity index (χ2v) is 11.4. The average Bonchev–Trinajstić information content (AvgIpc) is 3.18. The molecule has 5 nitrogen and oxygen atoms in total. The number of amides is 1. The van der Waals surface area contributed by atoms with Gasteiger partial charge in [0, 0.05) is 0 Å². The smallest absolute Gasteiger partial charge is 0.226 e. The highest BCUT2D eigenvalue weighted by Crippen LogP contribution is 2.64. The van der Waals surface area contributed by atoms with Crippen LogP contribution in [0.15, 0.2) is 35.3 Å². The molecule has 1 heterocycles. The van der Waals surface area contributed by atoms with E-state index in [1.165, 1.54) is 17.5 Å². The highest BCUT2D eigenvalue weighted by Gasteiger charge is 2.61. The molecule has 31 heavy (non-hydrogen) atoms. The Kier molecular flexibility index (Phi) is 5.27. The molecule has 1 aromatic carbocycles. The summed E-state index contributed by atoms with van der Waals surface area (Å²) in [4.78, 5) is 18.2. The van der Waals surface area contributed by atoms with Gasteiger partial charge in [0.15, 0.2) is 0 Å². The average molecular weight is 485 g/mol. The Hall–Kier alpha value is -1.69. The number of benzene rings is 1. The van der Waals surface area contributed by atoms with E-state index in [0.717, 1.165) is 38.5 Å². The van der Waals surface area contributed by atoms with Crippen molar-refractivity contribution in [2.45, 2.75) is 83.2 Å². The zero-order valence-electron chi connectivity index (χ0n) is 18.8. The van der Waals surface area contributed by atoms with E-state index < -0.39 is 0 Å². The number of carbonyl (C=O) groups is 1. The van der Waals surface area contributed by atoms with E-state index in [4.69, 9.17) is 0 Å². The Balaban J connectivity index is 1.39. The molecule has 4 aliphatic rings. The van der Waals surface area contributed by atoms with Crippen molar-refractivity contribution >= 4 is 21.8 Å². The Morgan fingerprint density at radius 3 is 2.35 bits per heavy atom. The van der Waals surface area contributed by atoms with Gasteiger partial charge in [-0.25, -0.2) is 9.67 Å². The molecule has 2 unspecified atom stereocenters. The van der Waals surface area contributed by atoms with Crippen molar-refractivity contribution in [1.29, 1.82) is 0 Å². The van der Waals surface area contributed by atoms with Crippen molar-refractivity contribution in [3.05, 3.63) is 46.5 Å². The van der Waals surface area contributed by atoms with Crippen molar-refractivity contribution in [2.75, 3.05) is 0 Å². The predicted octanol–water partition coefficient (Wildman–Crippen LogP) is 5.73. The predicted molar refractivity (Wildman–Crippen MR) is 125 cm³/mol. The summed E-state index contributed by atoms with van der Waals surface area (Å²) in [5.41, 5.74) is 2.22. The third-order valence-corrected chi connectivity index (χ3v) is 8.54. The molecule has 6 heteroatoms. The van der Waals surface area contributed by atoms with Crippen LogP contribution in [-0.4, -0.2) is 20.7 Å². The molecule has 4 fully saturated rings. The number of aromatic nitrogens is 3. The largest absolute Gasteiger partial charge is 0.349 e. The van der Waals surface area contributed by atoms with E-state index in [1.54, 1.807) is 0 Å². The lowest BCUT2D eigenvalue weighted by molar-refractivity contribution is -0.156. The van der Waals surface area contributed by atoms with Gasteiger partial charge < -0.3 is 5.32 Å². The maximum Gasteiger partial charge on any atom is 0.226 e. The van der Waals surface area contributed by atoms with Crippen molar-refractivity contribution in [3.8, 4) is 0 Å². The van der Waals surface area contributed by atoms with Crippen LogP contribution in [0, 0.1) is 17.3 Å². The molecule has 1 N–H and O–H groups in total. The standard InChI is InChI=1S/C25H33BrN4O/c1-4-21(20-7-5-19(6-8-20)16(2)3)28-22(31)24-10-17-9-18(11-24)13-25(12-17,14-24)30-15-27-23(26)29-30/h5-8,15-18,21H,4,9-14H2,1-3H3,(H,28,31)/t17-,18+,21-,24?,25?/m1/s1. The zero-order valence-corrected chi connectivity index (χ0v) is 20.4. The Labute approximate surface area is 193 Å². The lowest BCUT2D eigenvalue weighted by atomic mass is 9.46. The van der Waals surface area contributed by atoms with Crippen molar-refractivity contribution in [1.82, 2.24) is 20.1 Å². The number of nitrogens with zero attached hydrogens (tertiary/aromatic N) is 3. The first-order valence-electron chi connectivity index (χ1n) is 11.8. The highest BCUT2D eigenvalue weighted by molar-refractivity contribution is 9.10. The third-order valence-electron chi connectivity index (χ3n) is 8.18. The van der Waals surface area contributed by atoms with Crippen molar-refractivity contribution in [3.63, 3.8) is 0 Å². The van der Waals surface area contributed by atoms with Gasteiger partial charge in [-0.3, -0.25) is 4.79 Å². The molecule has 4 saturated carbocycles. The van der Waals surface area contributed by atoms with Gasteiger partial charge in [0.25, 0.3) is 0 Å². The van der Waals surface area contributed by atoms with Crippen LogP contribution in [0.25, 0.3) is 0 Å². The van der Waals surface area contributed by atoms with Crippen LogP contribution in [0.5, 0.6) is 0 Å². The second kappa shape index (κ2) is 7.72. The maximum absolute atomic E-state index is 13.8. The number of nitrogens with one attached hydrogen (secondary N) is 1. The first-order chi connectivity index (χ1) is 14.8. The van der Waals surface area contributed by atoms with Crippen molar-refractivity contribution < 1.29 is 4.79 Å². The van der Waals surface area contributed by atoms with E-state index in [9.17, 15) is 4.79 Å². The number of hydrogen-bond acceptors (Lipinski definition) is 3. The Bertz CT molecular complexity index is 952. The van der Waals surface area contributed by atoms with Crippen LogP contribution < -0.4 is 5.32 Å². The van der Waals surface area contributed by atoms with Gasteiger partial charge in [-0.05, 0) is 89.8 Å². The first kappa shape index (κ1) is 21.2. The van der Waals surface area contributed by atoms with Gasteiger partial charge in [-0.15, -0.1) is 5.10 Å². The molecule has 1 amide bonds. The minimum absolute atomic E-state index is 0.0545. The number of rotatable bonds is 6. The number of hydrogen-bond donors (Lipinski definition) is 1. The topological polar surface area (TPSA) is 59.8 Å². The number of carbonyl (C=O) groups excluding carboxylic acids is 1. The number of halogens is 1. The lowest BCUT2D eigenvalue weighted by Crippen LogP contribution is -2.61. The molecule has 0 aliphatic heterocycles. The van der Waals surface area contributed by atoms with E-state index in [2.05, 4.69) is 81.0 Å². The summed E-state index contributed by atoms with van der Waals surface area (Å²) in [6.07, 6.45) is 9.21. The summed E-state index contributed by atoms with van der Waals surface area (Å²) in [5, 5.41) is 8.10. The molecule has 5 atom stereocenters. The zero-order chi connectivity index (χ0) is 21.8. The van der Waals surface area contributed by atoms with E-state index in [0.29, 0.717) is 22.5 Å². The molecule has 0 spiro atoms. The van der Waals surface area contributed by atoms with Gasteiger partial charge in [0.1, 0.15) is 6.33 Å². The molecule has 0 radical (unpaired) electrons. The Morgan fingerprint density at radius 2 is 1.81 bits per heavy atom. The maximum atomic E-state index is 13.8. The fourth-order valence-corrected chi connectivity index (χ4v) is 7.33. The van der Waals surface area contributed by atoms with E-state index in [1.807, 2.05) is 6.33 Å². The summed E-state index contributed by atoms with van der Waals surface area (Å²) in [6.45, 7) is 6.59. The summed E-state index contributed by atoms with van der Waals surface area (Å²) >= 11 is 3.41. The van der Waals surface area contributed by atoms with Crippen LogP contribution in [0.2, 0.25) is 0 Å². The summed E-state index contributed by atoms with van der Waals surface area (Å²) in [5.74, 6) is 1.99. The van der Waals surface area contributed by atoms with Crippen LogP contribution in [-0.2, 0) is 10.3 Å². The van der Waals surface area contributed by atoms with Crippen molar-refractivity contribution in [2.24, 2.45) is 17.3 Å². The minimum Gasteiger partial charge on any atom is -0.349 e. The van der Waals surface area contributed by atoms with Gasteiger partial charge in [0.05, 0.1) is 17.0 Å². The van der Waals surface area contributed by atoms with Gasteiger partial charge in [-0.2, -0.15) is 0 Å². The molecule has 4 bridgehead atoms. The molecular formula is C25H33BrN4O. The normalized spacial score (nSPS) is 32.4. The van der Waals surface area contributed by atoms with Crippen LogP contribution in [0.4, 0.5) is 0 Å². The van der Waals surface area contributed by atoms with E-state index >= 15 is 0 Å². The molecular weight excluding hydrogens is 452 g/mol. The molecule has 0 saturated heterocycles. The summed E-state index contributed by atoms with van der Waals surface area (Å²) in [6, 6.07) is 8.86. The molecule has 166 valence electrons.